The molecule has 98 valence electrons. The maximum Gasteiger partial charge on any atom is 0.374 e. The van der Waals surface area contributed by atoms with Gasteiger partial charge in [-0.15, -0.1) is 0 Å². The summed E-state index contributed by atoms with van der Waals surface area (Å²) in [5, 5.41) is 3.42. The number of carbonyl (C=O) groups is 1. The summed E-state index contributed by atoms with van der Waals surface area (Å²) < 4.78 is 9.92. The molecule has 2 atom stereocenters. The van der Waals surface area contributed by atoms with Crippen molar-refractivity contribution in [3.05, 3.63) is 23.7 Å². The molecule has 0 aliphatic carbocycles. The van der Waals surface area contributed by atoms with E-state index in [0.717, 1.165) is 50.1 Å². The Bertz CT molecular complexity index is 431. The zero-order valence-corrected chi connectivity index (χ0v) is 10.5. The summed E-state index contributed by atoms with van der Waals surface area (Å²) >= 11 is 0. The van der Waals surface area contributed by atoms with Gasteiger partial charge in [0.1, 0.15) is 0 Å². The van der Waals surface area contributed by atoms with Crippen LogP contribution in [0.25, 0.3) is 0 Å². The molecule has 0 bridgehead atoms. The van der Waals surface area contributed by atoms with Crippen molar-refractivity contribution in [2.75, 3.05) is 33.3 Å². The number of likely N-dealkylation sites (tertiary alicyclic amines) is 1. The minimum absolute atomic E-state index is 0.340. The van der Waals surface area contributed by atoms with E-state index in [2.05, 4.69) is 10.2 Å². The Morgan fingerprint density at radius 3 is 2.89 bits per heavy atom. The molecule has 3 rings (SSSR count). The lowest BCUT2D eigenvalue weighted by atomic mass is 10.0. The van der Waals surface area contributed by atoms with Crippen molar-refractivity contribution in [2.24, 2.45) is 11.8 Å². The van der Waals surface area contributed by atoms with Gasteiger partial charge in [-0.2, -0.15) is 0 Å². The Hall–Kier alpha value is -1.33. The van der Waals surface area contributed by atoms with E-state index < -0.39 is 5.97 Å². The molecule has 2 fully saturated rings. The Balaban J connectivity index is 1.67. The zero-order chi connectivity index (χ0) is 12.5. The summed E-state index contributed by atoms with van der Waals surface area (Å²) in [4.78, 5) is 13.9. The fourth-order valence-corrected chi connectivity index (χ4v) is 3.05. The van der Waals surface area contributed by atoms with Gasteiger partial charge in [0, 0.05) is 25.2 Å². The van der Waals surface area contributed by atoms with Crippen molar-refractivity contribution >= 4 is 5.97 Å². The summed E-state index contributed by atoms with van der Waals surface area (Å²) in [7, 11) is 1.38. The van der Waals surface area contributed by atoms with E-state index in [1.165, 1.54) is 7.11 Å². The number of ether oxygens (including phenoxy) is 1. The van der Waals surface area contributed by atoms with Crippen molar-refractivity contribution in [1.82, 2.24) is 10.2 Å². The molecule has 5 heteroatoms. The molecule has 5 nitrogen and oxygen atoms in total. The molecule has 0 spiro atoms. The van der Waals surface area contributed by atoms with Gasteiger partial charge in [-0.1, -0.05) is 0 Å². The van der Waals surface area contributed by atoms with Crippen molar-refractivity contribution in [1.29, 1.82) is 0 Å². The Labute approximate surface area is 106 Å². The predicted octanol–water partition coefficient (Wildman–Crippen LogP) is 0.717. The first kappa shape index (κ1) is 11.7. The van der Waals surface area contributed by atoms with Crippen LogP contribution >= 0.6 is 0 Å². The van der Waals surface area contributed by atoms with E-state index in [1.807, 2.05) is 6.07 Å². The van der Waals surface area contributed by atoms with Crippen LogP contribution in [0, 0.1) is 11.8 Å². The van der Waals surface area contributed by atoms with Gasteiger partial charge in [-0.25, -0.2) is 4.79 Å². The number of methoxy groups -OCH3 is 1. The van der Waals surface area contributed by atoms with Gasteiger partial charge in [0.15, 0.2) is 0 Å². The van der Waals surface area contributed by atoms with Crippen molar-refractivity contribution < 1.29 is 13.9 Å². The predicted molar refractivity (Wildman–Crippen MR) is 65.2 cm³/mol. The molecule has 2 aliphatic rings. The maximum absolute atomic E-state index is 11.5. The second-order valence-electron chi connectivity index (χ2n) is 5.14. The first-order chi connectivity index (χ1) is 8.78. The third kappa shape index (κ3) is 2.04. The van der Waals surface area contributed by atoms with Gasteiger partial charge >= 0.3 is 5.97 Å². The highest BCUT2D eigenvalue weighted by Crippen LogP contribution is 2.28. The van der Waals surface area contributed by atoms with Gasteiger partial charge in [-0.3, -0.25) is 4.90 Å². The Morgan fingerprint density at radius 2 is 2.22 bits per heavy atom. The number of furan rings is 1. The fourth-order valence-electron chi connectivity index (χ4n) is 3.05. The summed E-state index contributed by atoms with van der Waals surface area (Å²) in [5.41, 5.74) is 0.926. The molecular weight excluding hydrogens is 232 g/mol. The van der Waals surface area contributed by atoms with E-state index in [4.69, 9.17) is 9.15 Å². The largest absolute Gasteiger partial charge is 0.463 e. The molecule has 2 saturated heterocycles. The number of nitrogens with zero attached hydrogens (tertiary/aromatic N) is 1. The Kier molecular flexibility index (Phi) is 3.09. The van der Waals surface area contributed by atoms with Gasteiger partial charge in [0.05, 0.1) is 13.4 Å². The summed E-state index contributed by atoms with van der Waals surface area (Å²) in [6, 6.07) is 1.86. The van der Waals surface area contributed by atoms with E-state index >= 15 is 0 Å². The number of hydrogen-bond acceptors (Lipinski definition) is 5. The monoisotopic (exact) mass is 250 g/mol. The SMILES string of the molecule is COC(=O)c1occc1CN1C[C@H]2CNC[C@H]2C1. The normalized spacial score (nSPS) is 27.4. The first-order valence-corrected chi connectivity index (χ1v) is 6.35. The minimum Gasteiger partial charge on any atom is -0.463 e. The lowest BCUT2D eigenvalue weighted by molar-refractivity contribution is 0.0562. The van der Waals surface area contributed by atoms with Crippen LogP contribution in [-0.4, -0.2) is 44.2 Å². The molecule has 18 heavy (non-hydrogen) atoms. The topological polar surface area (TPSA) is 54.7 Å². The lowest BCUT2D eigenvalue weighted by Crippen LogP contribution is -2.25. The first-order valence-electron chi connectivity index (χ1n) is 6.35. The molecule has 0 unspecified atom stereocenters. The van der Waals surface area contributed by atoms with Gasteiger partial charge in [0.2, 0.25) is 5.76 Å². The zero-order valence-electron chi connectivity index (χ0n) is 10.5. The van der Waals surface area contributed by atoms with Crippen LogP contribution in [0.1, 0.15) is 16.1 Å². The molecule has 0 amide bonds. The van der Waals surface area contributed by atoms with Gasteiger partial charge in [0.25, 0.3) is 0 Å². The molecule has 1 aromatic rings. The smallest absolute Gasteiger partial charge is 0.374 e. The lowest BCUT2D eigenvalue weighted by Gasteiger charge is -2.16. The summed E-state index contributed by atoms with van der Waals surface area (Å²) in [5.74, 6) is 1.47. The molecule has 0 aromatic carbocycles. The molecule has 0 radical (unpaired) electrons. The number of esters is 1. The second-order valence-corrected chi connectivity index (χ2v) is 5.14. The Morgan fingerprint density at radius 1 is 1.50 bits per heavy atom. The average molecular weight is 250 g/mol. The third-order valence-electron chi connectivity index (χ3n) is 3.98. The number of nitrogens with one attached hydrogen (secondary N) is 1. The summed E-state index contributed by atoms with van der Waals surface area (Å²) in [6.07, 6.45) is 1.56. The molecule has 3 heterocycles. The quantitative estimate of drug-likeness (QED) is 0.801. The van der Waals surface area contributed by atoms with Crippen LogP contribution < -0.4 is 5.32 Å². The number of rotatable bonds is 3. The molecule has 2 aliphatic heterocycles. The van der Waals surface area contributed by atoms with E-state index in [-0.39, 0.29) is 0 Å². The highest BCUT2D eigenvalue weighted by molar-refractivity contribution is 5.87. The highest BCUT2D eigenvalue weighted by atomic mass is 16.5. The van der Waals surface area contributed by atoms with Crippen molar-refractivity contribution in [3.63, 3.8) is 0 Å². The molecular formula is C13H18N2O3. The van der Waals surface area contributed by atoms with Crippen LogP contribution in [0.4, 0.5) is 0 Å². The van der Waals surface area contributed by atoms with Crippen LogP contribution in [0.3, 0.4) is 0 Å². The highest BCUT2D eigenvalue weighted by Gasteiger charge is 2.36. The van der Waals surface area contributed by atoms with Crippen LogP contribution in [0.15, 0.2) is 16.7 Å². The van der Waals surface area contributed by atoms with Crippen molar-refractivity contribution in [2.45, 2.75) is 6.54 Å². The van der Waals surface area contributed by atoms with Crippen LogP contribution in [0.2, 0.25) is 0 Å². The fraction of sp³-hybridized carbons (Fsp3) is 0.615. The second kappa shape index (κ2) is 4.74. The molecule has 1 aromatic heterocycles. The van der Waals surface area contributed by atoms with Crippen molar-refractivity contribution in [3.8, 4) is 0 Å². The van der Waals surface area contributed by atoms with Gasteiger partial charge in [-0.05, 0) is 31.0 Å². The van der Waals surface area contributed by atoms with Gasteiger partial charge < -0.3 is 14.5 Å². The third-order valence-corrected chi connectivity index (χ3v) is 3.98. The van der Waals surface area contributed by atoms with Crippen LogP contribution in [0.5, 0.6) is 0 Å². The van der Waals surface area contributed by atoms with E-state index in [1.54, 1.807) is 6.26 Å². The number of hydrogen-bond donors (Lipinski definition) is 1. The minimum atomic E-state index is -0.393. The van der Waals surface area contributed by atoms with E-state index in [9.17, 15) is 4.79 Å². The number of carbonyl (C=O) groups excluding carboxylic acids is 1. The molecule has 0 saturated carbocycles. The van der Waals surface area contributed by atoms with E-state index in [0.29, 0.717) is 5.76 Å². The van der Waals surface area contributed by atoms with Crippen LogP contribution in [-0.2, 0) is 11.3 Å². The maximum atomic E-state index is 11.5. The molecule has 1 N–H and O–H groups in total. The number of fused-ring (bicyclic) bond motifs is 1. The standard InChI is InChI=1S/C13H18N2O3/c1-17-13(16)12-9(2-3-18-12)6-15-7-10-4-14-5-11(10)8-15/h2-3,10-11,14H,4-8H2,1H3/t10-,11+. The average Bonchev–Trinajstić information content (AvgIpc) is 3.03. The summed E-state index contributed by atoms with van der Waals surface area (Å²) in [6.45, 7) is 5.22.